The molecule has 1 aliphatic rings. The molecule has 0 unspecified atom stereocenters. The van der Waals surface area contributed by atoms with Crippen molar-refractivity contribution in [3.05, 3.63) is 82.5 Å². The van der Waals surface area contributed by atoms with E-state index in [1.54, 1.807) is 42.0 Å². The lowest BCUT2D eigenvalue weighted by molar-refractivity contribution is -0.120. The van der Waals surface area contributed by atoms with Gasteiger partial charge in [0.1, 0.15) is 5.76 Å². The highest BCUT2D eigenvalue weighted by Crippen LogP contribution is 2.32. The summed E-state index contributed by atoms with van der Waals surface area (Å²) in [7, 11) is 0. The fourth-order valence-electron chi connectivity index (χ4n) is 3.53. The van der Waals surface area contributed by atoms with Gasteiger partial charge in [-0.3, -0.25) is 14.2 Å². The summed E-state index contributed by atoms with van der Waals surface area (Å²) < 4.78 is 17.7. The van der Waals surface area contributed by atoms with Crippen LogP contribution >= 0.6 is 11.8 Å². The lowest BCUT2D eigenvalue weighted by atomic mass is 10.2. The number of ether oxygens (including phenoxy) is 2. The molecule has 4 aromatic rings. The van der Waals surface area contributed by atoms with Crippen LogP contribution in [-0.4, -0.2) is 27.5 Å². The van der Waals surface area contributed by atoms with Crippen LogP contribution in [0.1, 0.15) is 18.2 Å². The van der Waals surface area contributed by atoms with Gasteiger partial charge in [-0.25, -0.2) is 4.98 Å². The predicted molar refractivity (Wildman–Crippen MR) is 124 cm³/mol. The molecule has 0 saturated heterocycles. The molecule has 0 bridgehead atoms. The van der Waals surface area contributed by atoms with Crippen molar-refractivity contribution in [2.45, 2.75) is 30.4 Å². The number of rotatable bonds is 7. The van der Waals surface area contributed by atoms with Crippen molar-refractivity contribution in [2.75, 3.05) is 6.79 Å². The number of para-hydroxylation sites is 1. The number of hydrogen-bond donors (Lipinski definition) is 1. The molecule has 0 fully saturated rings. The van der Waals surface area contributed by atoms with Crippen molar-refractivity contribution in [3.8, 4) is 11.5 Å². The van der Waals surface area contributed by atoms with Crippen LogP contribution < -0.4 is 20.3 Å². The topological polar surface area (TPSA) is 95.6 Å². The van der Waals surface area contributed by atoms with Gasteiger partial charge in [0.2, 0.25) is 12.7 Å². The standard InChI is InChI=1S/C24H21N3O5S/c1-15(22(28)25-12-16-8-9-20-21(11-16)32-14-31-20)33-24-26-19-7-3-2-6-18(19)23(29)27(24)13-17-5-4-10-30-17/h2-11,15H,12-14H2,1H3,(H,25,28)/t15-/m1/s1. The number of aromatic nitrogens is 2. The van der Waals surface area contributed by atoms with Crippen LogP contribution in [-0.2, 0) is 17.9 Å². The van der Waals surface area contributed by atoms with Crippen molar-refractivity contribution < 1.29 is 18.7 Å². The molecule has 5 rings (SSSR count). The van der Waals surface area contributed by atoms with Crippen LogP contribution in [0.4, 0.5) is 0 Å². The lowest BCUT2D eigenvalue weighted by Gasteiger charge is -2.16. The zero-order valence-electron chi connectivity index (χ0n) is 17.8. The lowest BCUT2D eigenvalue weighted by Crippen LogP contribution is -2.31. The molecule has 8 nitrogen and oxygen atoms in total. The van der Waals surface area contributed by atoms with Crippen LogP contribution in [0.3, 0.4) is 0 Å². The van der Waals surface area contributed by atoms with E-state index < -0.39 is 5.25 Å². The molecule has 3 heterocycles. The number of amides is 1. The molecule has 9 heteroatoms. The number of hydrogen-bond acceptors (Lipinski definition) is 7. The van der Waals surface area contributed by atoms with E-state index in [4.69, 9.17) is 13.9 Å². The summed E-state index contributed by atoms with van der Waals surface area (Å²) in [6.45, 7) is 2.58. The second kappa shape index (κ2) is 9.03. The highest BCUT2D eigenvalue weighted by atomic mass is 32.2. The summed E-state index contributed by atoms with van der Waals surface area (Å²) in [6, 6.07) is 16.3. The molecule has 1 aliphatic heterocycles. The molecule has 1 atom stereocenters. The third kappa shape index (κ3) is 4.45. The van der Waals surface area contributed by atoms with Gasteiger partial charge in [0.15, 0.2) is 16.7 Å². The van der Waals surface area contributed by atoms with Crippen LogP contribution in [0.25, 0.3) is 10.9 Å². The Morgan fingerprint density at radius 3 is 2.85 bits per heavy atom. The zero-order valence-corrected chi connectivity index (χ0v) is 18.6. The zero-order chi connectivity index (χ0) is 22.8. The number of nitrogens with zero attached hydrogens (tertiary/aromatic N) is 2. The molecule has 33 heavy (non-hydrogen) atoms. The van der Waals surface area contributed by atoms with E-state index >= 15 is 0 Å². The molecule has 168 valence electrons. The molecule has 2 aromatic carbocycles. The number of thioether (sulfide) groups is 1. The number of carbonyl (C=O) groups is 1. The molecule has 0 aliphatic carbocycles. The van der Waals surface area contributed by atoms with Crippen LogP contribution in [0.5, 0.6) is 11.5 Å². The van der Waals surface area contributed by atoms with Gasteiger partial charge in [-0.05, 0) is 48.9 Å². The molecular weight excluding hydrogens is 442 g/mol. The Labute approximate surface area is 193 Å². The first-order chi connectivity index (χ1) is 16.1. The number of nitrogens with one attached hydrogen (secondary N) is 1. The maximum absolute atomic E-state index is 13.2. The van der Waals surface area contributed by atoms with E-state index in [1.165, 1.54) is 11.8 Å². The SMILES string of the molecule is C[C@@H](Sc1nc2ccccc2c(=O)n1Cc1ccco1)C(=O)NCc1ccc2c(c1)OCO2. The normalized spacial score (nSPS) is 13.2. The van der Waals surface area contributed by atoms with Gasteiger partial charge in [0.05, 0.1) is 29.0 Å². The van der Waals surface area contributed by atoms with Crippen LogP contribution in [0, 0.1) is 0 Å². The van der Waals surface area contributed by atoms with Crippen molar-refractivity contribution >= 4 is 28.6 Å². The Hall–Kier alpha value is -3.72. The highest BCUT2D eigenvalue weighted by molar-refractivity contribution is 8.00. The van der Waals surface area contributed by atoms with Crippen molar-refractivity contribution in [2.24, 2.45) is 0 Å². The summed E-state index contributed by atoms with van der Waals surface area (Å²) in [4.78, 5) is 30.7. The maximum atomic E-state index is 13.2. The van der Waals surface area contributed by atoms with Gasteiger partial charge in [-0.15, -0.1) is 0 Å². The Morgan fingerprint density at radius 1 is 1.15 bits per heavy atom. The highest BCUT2D eigenvalue weighted by Gasteiger charge is 2.20. The number of carbonyl (C=O) groups excluding carboxylic acids is 1. The quantitative estimate of drug-likeness (QED) is 0.331. The fraction of sp³-hybridized carbons (Fsp3) is 0.208. The maximum Gasteiger partial charge on any atom is 0.262 e. The van der Waals surface area contributed by atoms with Crippen molar-refractivity contribution in [3.63, 3.8) is 0 Å². The van der Waals surface area contributed by atoms with Gasteiger partial charge >= 0.3 is 0 Å². The Balaban J connectivity index is 1.35. The van der Waals surface area contributed by atoms with Crippen LogP contribution in [0.2, 0.25) is 0 Å². The molecule has 0 saturated carbocycles. The van der Waals surface area contributed by atoms with Gasteiger partial charge in [-0.2, -0.15) is 0 Å². The molecule has 2 aromatic heterocycles. The predicted octanol–water partition coefficient (Wildman–Crippen LogP) is 3.56. The molecule has 0 spiro atoms. The molecule has 1 N–H and O–H groups in total. The van der Waals surface area contributed by atoms with E-state index in [-0.39, 0.29) is 24.8 Å². The van der Waals surface area contributed by atoms with E-state index in [1.807, 2.05) is 30.3 Å². The number of furan rings is 1. The Morgan fingerprint density at radius 2 is 2.00 bits per heavy atom. The minimum absolute atomic E-state index is 0.162. The number of fused-ring (bicyclic) bond motifs is 2. The second-order valence-electron chi connectivity index (χ2n) is 7.55. The Bertz CT molecular complexity index is 1370. The summed E-state index contributed by atoms with van der Waals surface area (Å²) in [6.07, 6.45) is 1.56. The fourth-order valence-corrected chi connectivity index (χ4v) is 4.46. The number of benzene rings is 2. The van der Waals surface area contributed by atoms with Crippen molar-refractivity contribution in [1.29, 1.82) is 0 Å². The van der Waals surface area contributed by atoms with E-state index in [9.17, 15) is 9.59 Å². The summed E-state index contributed by atoms with van der Waals surface area (Å²) in [5.74, 6) is 1.85. The average Bonchev–Trinajstić information content (AvgIpc) is 3.51. The second-order valence-corrected chi connectivity index (χ2v) is 8.86. The van der Waals surface area contributed by atoms with E-state index in [2.05, 4.69) is 10.3 Å². The molecule has 1 amide bonds. The minimum Gasteiger partial charge on any atom is -0.467 e. The summed E-state index contributed by atoms with van der Waals surface area (Å²) in [5.41, 5.74) is 1.32. The first-order valence-corrected chi connectivity index (χ1v) is 11.3. The monoisotopic (exact) mass is 463 g/mol. The van der Waals surface area contributed by atoms with Gasteiger partial charge < -0.3 is 19.2 Å². The third-order valence-electron chi connectivity index (χ3n) is 5.28. The Kier molecular flexibility index (Phi) is 5.78. The van der Waals surface area contributed by atoms with E-state index in [0.29, 0.717) is 39.9 Å². The first-order valence-electron chi connectivity index (χ1n) is 10.4. The summed E-state index contributed by atoms with van der Waals surface area (Å²) in [5, 5.41) is 3.44. The third-order valence-corrected chi connectivity index (χ3v) is 6.37. The van der Waals surface area contributed by atoms with Gasteiger partial charge in [0.25, 0.3) is 5.56 Å². The first kappa shape index (κ1) is 21.1. The molecule has 0 radical (unpaired) electrons. The van der Waals surface area contributed by atoms with Crippen LogP contribution in [0.15, 0.2) is 75.2 Å². The van der Waals surface area contributed by atoms with Gasteiger partial charge in [-0.1, -0.05) is 30.0 Å². The van der Waals surface area contributed by atoms with Gasteiger partial charge in [0, 0.05) is 6.54 Å². The van der Waals surface area contributed by atoms with E-state index in [0.717, 1.165) is 5.56 Å². The average molecular weight is 464 g/mol. The smallest absolute Gasteiger partial charge is 0.262 e. The largest absolute Gasteiger partial charge is 0.467 e. The minimum atomic E-state index is -0.477. The summed E-state index contributed by atoms with van der Waals surface area (Å²) >= 11 is 1.24. The molecular formula is C24H21N3O5S. The van der Waals surface area contributed by atoms with Crippen molar-refractivity contribution in [1.82, 2.24) is 14.9 Å².